The van der Waals surface area contributed by atoms with Crippen molar-refractivity contribution in [1.29, 1.82) is 0 Å². The number of ether oxygens (including phenoxy) is 1. The summed E-state index contributed by atoms with van der Waals surface area (Å²) in [5.74, 6) is 1.13. The SMILES string of the molecule is O=C(O)Cn1cc(-c2ccc(N3CCOc4ncnc5c4C3=N5)cc2)cn1. The number of benzene rings is 1. The van der Waals surface area contributed by atoms with Crippen LogP contribution in [0.5, 0.6) is 5.88 Å². The van der Waals surface area contributed by atoms with Gasteiger partial charge in [-0.05, 0) is 17.7 Å². The van der Waals surface area contributed by atoms with Crippen LogP contribution in [0.4, 0.5) is 11.5 Å². The summed E-state index contributed by atoms with van der Waals surface area (Å²) in [6.07, 6.45) is 4.84. The Bertz CT molecular complexity index is 1070. The molecule has 1 N–H and O–H groups in total. The lowest BCUT2D eigenvalue weighted by Gasteiger charge is -2.27. The van der Waals surface area contributed by atoms with Gasteiger partial charge in [0, 0.05) is 17.4 Å². The highest BCUT2D eigenvalue weighted by atomic mass is 16.5. The van der Waals surface area contributed by atoms with E-state index in [4.69, 9.17) is 9.84 Å². The molecule has 0 amide bonds. The molecule has 2 aromatic heterocycles. The molecule has 0 unspecified atom stereocenters. The molecule has 0 fully saturated rings. The molecule has 134 valence electrons. The van der Waals surface area contributed by atoms with Crippen LogP contribution in [0.1, 0.15) is 5.56 Å². The van der Waals surface area contributed by atoms with Gasteiger partial charge in [-0.1, -0.05) is 12.1 Å². The van der Waals surface area contributed by atoms with Gasteiger partial charge in [0.1, 0.15) is 25.0 Å². The Balaban J connectivity index is 1.41. The third-order valence-electron chi connectivity index (χ3n) is 4.48. The van der Waals surface area contributed by atoms with E-state index in [1.807, 2.05) is 24.3 Å². The molecular formula is C18H14N6O3. The molecule has 1 aromatic carbocycles. The van der Waals surface area contributed by atoms with Crippen molar-refractivity contribution in [3.63, 3.8) is 0 Å². The number of amidine groups is 1. The Labute approximate surface area is 153 Å². The molecule has 3 aromatic rings. The summed E-state index contributed by atoms with van der Waals surface area (Å²) in [5, 5.41) is 12.9. The third kappa shape index (κ3) is 2.60. The molecule has 0 saturated heterocycles. The van der Waals surface area contributed by atoms with Crippen LogP contribution in [0, 0.1) is 0 Å². The average molecular weight is 362 g/mol. The largest absolute Gasteiger partial charge is 0.480 e. The normalized spacial score (nSPS) is 14.5. The number of hydrogen-bond acceptors (Lipinski definition) is 7. The first kappa shape index (κ1) is 15.5. The van der Waals surface area contributed by atoms with Crippen molar-refractivity contribution in [3.8, 4) is 17.0 Å². The Kier molecular flexibility index (Phi) is 3.39. The van der Waals surface area contributed by atoms with Gasteiger partial charge in [0.05, 0.1) is 12.7 Å². The quantitative estimate of drug-likeness (QED) is 0.753. The van der Waals surface area contributed by atoms with Crippen molar-refractivity contribution >= 4 is 23.3 Å². The minimum absolute atomic E-state index is 0.157. The van der Waals surface area contributed by atoms with Crippen LogP contribution in [-0.4, -0.2) is 49.8 Å². The maximum atomic E-state index is 10.8. The predicted octanol–water partition coefficient (Wildman–Crippen LogP) is 1.72. The third-order valence-corrected chi connectivity index (χ3v) is 4.48. The number of carbonyl (C=O) groups is 1. The van der Waals surface area contributed by atoms with Gasteiger partial charge in [-0.2, -0.15) is 5.10 Å². The number of aliphatic carboxylic acids is 1. The van der Waals surface area contributed by atoms with Crippen LogP contribution >= 0.6 is 0 Å². The van der Waals surface area contributed by atoms with Crippen LogP contribution in [0.25, 0.3) is 11.1 Å². The van der Waals surface area contributed by atoms with Gasteiger partial charge in [0.15, 0.2) is 11.7 Å². The van der Waals surface area contributed by atoms with Gasteiger partial charge in [-0.15, -0.1) is 0 Å². The topological polar surface area (TPSA) is 106 Å². The van der Waals surface area contributed by atoms with Crippen molar-refractivity contribution in [2.75, 3.05) is 18.1 Å². The Morgan fingerprint density at radius 3 is 2.85 bits per heavy atom. The summed E-state index contributed by atoms with van der Waals surface area (Å²) in [4.78, 5) is 25.7. The first-order chi connectivity index (χ1) is 13.2. The number of aliphatic imine (C=N–C) groups is 1. The van der Waals surface area contributed by atoms with Gasteiger partial charge in [0.2, 0.25) is 5.88 Å². The smallest absolute Gasteiger partial charge is 0.325 e. The summed E-state index contributed by atoms with van der Waals surface area (Å²) >= 11 is 0. The molecule has 4 heterocycles. The predicted molar refractivity (Wildman–Crippen MR) is 96.4 cm³/mol. The average Bonchev–Trinajstić information content (AvgIpc) is 3.01. The maximum absolute atomic E-state index is 10.8. The van der Waals surface area contributed by atoms with Crippen molar-refractivity contribution in [2.45, 2.75) is 6.54 Å². The number of carboxylic acid groups (broad SMARTS) is 1. The Morgan fingerprint density at radius 2 is 2.04 bits per heavy atom. The summed E-state index contributed by atoms with van der Waals surface area (Å²) in [6, 6.07) is 7.95. The first-order valence-electron chi connectivity index (χ1n) is 8.38. The number of hydrogen-bond donors (Lipinski definition) is 1. The van der Waals surface area contributed by atoms with Crippen LogP contribution < -0.4 is 9.64 Å². The molecule has 0 aliphatic carbocycles. The van der Waals surface area contributed by atoms with E-state index >= 15 is 0 Å². The highest BCUT2D eigenvalue weighted by Gasteiger charge is 2.33. The van der Waals surface area contributed by atoms with Crippen molar-refractivity contribution in [2.24, 2.45) is 4.99 Å². The number of carboxylic acids is 1. The summed E-state index contributed by atoms with van der Waals surface area (Å²) in [5.41, 5.74) is 3.67. The van der Waals surface area contributed by atoms with E-state index < -0.39 is 5.97 Å². The van der Waals surface area contributed by atoms with Crippen LogP contribution in [-0.2, 0) is 11.3 Å². The number of rotatable bonds is 4. The number of anilines is 1. The van der Waals surface area contributed by atoms with Crippen LogP contribution in [0.15, 0.2) is 48.0 Å². The molecule has 0 radical (unpaired) electrons. The fraction of sp³-hybridized carbons (Fsp3) is 0.167. The van der Waals surface area contributed by atoms with Gasteiger partial charge < -0.3 is 14.7 Å². The highest BCUT2D eigenvalue weighted by Crippen LogP contribution is 2.38. The van der Waals surface area contributed by atoms with E-state index in [1.54, 1.807) is 12.4 Å². The Hall–Kier alpha value is -3.75. The van der Waals surface area contributed by atoms with Crippen LogP contribution in [0.2, 0.25) is 0 Å². The Morgan fingerprint density at radius 1 is 1.19 bits per heavy atom. The van der Waals surface area contributed by atoms with Gasteiger partial charge in [-0.3, -0.25) is 9.48 Å². The first-order valence-corrected chi connectivity index (χ1v) is 8.38. The second-order valence-electron chi connectivity index (χ2n) is 6.18. The van der Waals surface area contributed by atoms with E-state index in [0.29, 0.717) is 24.8 Å². The second-order valence-corrected chi connectivity index (χ2v) is 6.18. The number of aromatic nitrogens is 4. The molecule has 9 heteroatoms. The molecule has 2 aliphatic heterocycles. The highest BCUT2D eigenvalue weighted by molar-refractivity contribution is 6.20. The maximum Gasteiger partial charge on any atom is 0.325 e. The minimum atomic E-state index is -0.923. The molecule has 9 nitrogen and oxygen atoms in total. The van der Waals surface area contributed by atoms with E-state index in [2.05, 4.69) is 25.0 Å². The van der Waals surface area contributed by atoms with E-state index in [0.717, 1.165) is 28.2 Å². The van der Waals surface area contributed by atoms with E-state index in [9.17, 15) is 4.79 Å². The van der Waals surface area contributed by atoms with Crippen LogP contribution in [0.3, 0.4) is 0 Å². The zero-order chi connectivity index (χ0) is 18.4. The molecule has 2 aliphatic rings. The fourth-order valence-electron chi connectivity index (χ4n) is 3.21. The summed E-state index contributed by atoms with van der Waals surface area (Å²) < 4.78 is 7.11. The lowest BCUT2D eigenvalue weighted by atomic mass is 10.1. The molecular weight excluding hydrogens is 348 g/mol. The van der Waals surface area contributed by atoms with E-state index in [1.165, 1.54) is 11.0 Å². The lowest BCUT2D eigenvalue weighted by molar-refractivity contribution is -0.137. The summed E-state index contributed by atoms with van der Waals surface area (Å²) in [7, 11) is 0. The standard InChI is InChI=1S/C18H14N6O3/c25-14(26)9-23-8-12(7-21-23)11-1-3-13(4-2-11)24-5-6-27-18-15-16(19-10-20-18)22-17(15)24/h1-4,7-8,10H,5-6,9H2,(H,25,26). The minimum Gasteiger partial charge on any atom is -0.480 e. The van der Waals surface area contributed by atoms with Crippen molar-refractivity contribution < 1.29 is 14.6 Å². The molecule has 0 saturated carbocycles. The molecule has 0 spiro atoms. The van der Waals surface area contributed by atoms with Crippen molar-refractivity contribution in [1.82, 2.24) is 19.7 Å². The molecule has 27 heavy (non-hydrogen) atoms. The van der Waals surface area contributed by atoms with Gasteiger partial charge in [-0.25, -0.2) is 15.0 Å². The zero-order valence-electron chi connectivity index (χ0n) is 14.1. The second kappa shape index (κ2) is 5.90. The summed E-state index contributed by atoms with van der Waals surface area (Å²) in [6.45, 7) is 1.01. The van der Waals surface area contributed by atoms with Gasteiger partial charge in [0.25, 0.3) is 0 Å². The fourth-order valence-corrected chi connectivity index (χ4v) is 3.21. The monoisotopic (exact) mass is 362 g/mol. The zero-order valence-corrected chi connectivity index (χ0v) is 14.1. The van der Waals surface area contributed by atoms with Crippen molar-refractivity contribution in [3.05, 3.63) is 48.5 Å². The number of nitrogens with zero attached hydrogens (tertiary/aromatic N) is 6. The van der Waals surface area contributed by atoms with Gasteiger partial charge >= 0.3 is 5.97 Å². The molecule has 0 bridgehead atoms. The van der Waals surface area contributed by atoms with E-state index in [-0.39, 0.29) is 6.54 Å². The molecule has 5 rings (SSSR count). The molecule has 0 atom stereocenters. The lowest BCUT2D eigenvalue weighted by Crippen LogP contribution is -2.35.